The van der Waals surface area contributed by atoms with Crippen LogP contribution in [0.2, 0.25) is 0 Å². The lowest BCUT2D eigenvalue weighted by Crippen LogP contribution is -2.36. The van der Waals surface area contributed by atoms with Crippen molar-refractivity contribution < 1.29 is 4.74 Å². The van der Waals surface area contributed by atoms with Gasteiger partial charge in [0.05, 0.1) is 6.61 Å². The number of hydrogen-bond acceptors (Lipinski definition) is 3. The van der Waals surface area contributed by atoms with Crippen LogP contribution in [0.4, 0.5) is 0 Å². The van der Waals surface area contributed by atoms with Crippen LogP contribution in [0.15, 0.2) is 0 Å². The van der Waals surface area contributed by atoms with Crippen LogP contribution in [0.25, 0.3) is 0 Å². The minimum absolute atomic E-state index is 0.606. The van der Waals surface area contributed by atoms with Crippen LogP contribution in [-0.4, -0.2) is 37.8 Å². The van der Waals surface area contributed by atoms with Crippen molar-refractivity contribution in [2.75, 3.05) is 31.8 Å². The molecule has 90 valence electrons. The maximum atomic E-state index is 5.23. The number of thioether (sulfide) groups is 1. The molecule has 0 amide bonds. The summed E-state index contributed by atoms with van der Waals surface area (Å²) < 4.78 is 5.23. The summed E-state index contributed by atoms with van der Waals surface area (Å²) >= 11 is 2.05. The predicted molar refractivity (Wildman–Crippen MR) is 68.6 cm³/mol. The molecule has 1 N–H and O–H groups in total. The van der Waals surface area contributed by atoms with Gasteiger partial charge < -0.3 is 10.1 Å². The van der Waals surface area contributed by atoms with E-state index in [1.54, 1.807) is 7.11 Å². The maximum Gasteiger partial charge on any atom is 0.0618 e. The Morgan fingerprint density at radius 2 is 2.13 bits per heavy atom. The second-order valence-corrected chi connectivity index (χ2v) is 5.97. The molecule has 1 atom stereocenters. The van der Waals surface area contributed by atoms with Gasteiger partial charge in [0.1, 0.15) is 0 Å². The largest absolute Gasteiger partial charge is 0.383 e. The van der Waals surface area contributed by atoms with Gasteiger partial charge in [-0.05, 0) is 30.4 Å². The van der Waals surface area contributed by atoms with Crippen LogP contribution in [0, 0.1) is 11.8 Å². The molecule has 0 aliphatic heterocycles. The highest BCUT2D eigenvalue weighted by Gasteiger charge is 2.30. The van der Waals surface area contributed by atoms with Crippen LogP contribution in [0.3, 0.4) is 0 Å². The fourth-order valence-electron chi connectivity index (χ4n) is 1.68. The molecule has 1 aliphatic rings. The lowest BCUT2D eigenvalue weighted by Gasteiger charge is -2.17. The third kappa shape index (κ3) is 6.44. The Morgan fingerprint density at radius 1 is 1.40 bits per heavy atom. The fourth-order valence-corrected chi connectivity index (χ4v) is 2.58. The molecule has 0 saturated heterocycles. The monoisotopic (exact) mass is 231 g/mol. The first-order valence-electron chi connectivity index (χ1n) is 6.04. The van der Waals surface area contributed by atoms with Gasteiger partial charge in [-0.25, -0.2) is 0 Å². The van der Waals surface area contributed by atoms with Crippen molar-refractivity contribution in [3.05, 3.63) is 0 Å². The number of hydrogen-bond donors (Lipinski definition) is 1. The first-order chi connectivity index (χ1) is 7.24. The molecule has 0 aromatic carbocycles. The van der Waals surface area contributed by atoms with E-state index in [1.807, 2.05) is 0 Å². The van der Waals surface area contributed by atoms with Crippen molar-refractivity contribution in [3.63, 3.8) is 0 Å². The van der Waals surface area contributed by atoms with E-state index in [-0.39, 0.29) is 0 Å². The Balaban J connectivity index is 1.96. The van der Waals surface area contributed by atoms with Crippen molar-refractivity contribution in [1.82, 2.24) is 5.32 Å². The van der Waals surface area contributed by atoms with Gasteiger partial charge >= 0.3 is 0 Å². The van der Waals surface area contributed by atoms with Gasteiger partial charge in [-0.15, -0.1) is 0 Å². The Hall–Kier alpha value is 0.270. The SMILES string of the molecule is COCC(NCCSCC(C)C)C1CC1. The van der Waals surface area contributed by atoms with E-state index in [1.165, 1.54) is 24.3 Å². The van der Waals surface area contributed by atoms with Crippen LogP contribution >= 0.6 is 11.8 Å². The average Bonchev–Trinajstić information content (AvgIpc) is 2.98. The summed E-state index contributed by atoms with van der Waals surface area (Å²) in [7, 11) is 1.80. The second-order valence-electron chi connectivity index (χ2n) is 4.82. The van der Waals surface area contributed by atoms with Gasteiger partial charge in [0.25, 0.3) is 0 Å². The molecule has 1 unspecified atom stereocenters. The first-order valence-corrected chi connectivity index (χ1v) is 7.19. The number of rotatable bonds is 9. The van der Waals surface area contributed by atoms with E-state index >= 15 is 0 Å². The molecule has 1 aliphatic carbocycles. The van der Waals surface area contributed by atoms with Gasteiger partial charge in [-0.1, -0.05) is 13.8 Å². The zero-order valence-corrected chi connectivity index (χ0v) is 11.1. The van der Waals surface area contributed by atoms with E-state index in [9.17, 15) is 0 Å². The third-order valence-corrected chi connectivity index (χ3v) is 4.04. The molecular weight excluding hydrogens is 206 g/mol. The molecule has 15 heavy (non-hydrogen) atoms. The van der Waals surface area contributed by atoms with Gasteiger partial charge in [-0.2, -0.15) is 11.8 Å². The highest BCUT2D eigenvalue weighted by molar-refractivity contribution is 7.99. The Kier molecular flexibility index (Phi) is 6.69. The summed E-state index contributed by atoms with van der Waals surface area (Å²) in [5.74, 6) is 4.21. The molecular formula is C12H25NOS. The van der Waals surface area contributed by atoms with Gasteiger partial charge in [-0.3, -0.25) is 0 Å². The molecule has 2 nitrogen and oxygen atoms in total. The zero-order chi connectivity index (χ0) is 11.1. The standard InChI is InChI=1S/C12H25NOS/c1-10(2)9-15-7-6-13-12(8-14-3)11-4-5-11/h10-13H,4-9H2,1-3H3. The third-order valence-electron chi connectivity index (χ3n) is 2.64. The van der Waals surface area contributed by atoms with Gasteiger partial charge in [0, 0.05) is 25.4 Å². The molecule has 0 bridgehead atoms. The highest BCUT2D eigenvalue weighted by Crippen LogP contribution is 2.32. The smallest absolute Gasteiger partial charge is 0.0618 e. The molecule has 1 saturated carbocycles. The van der Waals surface area contributed by atoms with Crippen LogP contribution in [0.5, 0.6) is 0 Å². The zero-order valence-electron chi connectivity index (χ0n) is 10.3. The molecule has 0 spiro atoms. The van der Waals surface area contributed by atoms with Crippen molar-refractivity contribution in [3.8, 4) is 0 Å². The molecule has 1 fully saturated rings. The van der Waals surface area contributed by atoms with Crippen LogP contribution in [0.1, 0.15) is 26.7 Å². The van der Waals surface area contributed by atoms with Crippen molar-refractivity contribution in [2.24, 2.45) is 11.8 Å². The molecule has 0 heterocycles. The van der Waals surface area contributed by atoms with Gasteiger partial charge in [0.2, 0.25) is 0 Å². The lowest BCUT2D eigenvalue weighted by atomic mass is 10.2. The van der Waals surface area contributed by atoms with Crippen molar-refractivity contribution in [2.45, 2.75) is 32.7 Å². The van der Waals surface area contributed by atoms with Crippen LogP contribution in [-0.2, 0) is 4.74 Å². The molecule has 0 aromatic rings. The van der Waals surface area contributed by atoms with E-state index in [4.69, 9.17) is 4.74 Å². The minimum atomic E-state index is 0.606. The van der Waals surface area contributed by atoms with E-state index in [2.05, 4.69) is 30.9 Å². The van der Waals surface area contributed by atoms with E-state index < -0.39 is 0 Å². The van der Waals surface area contributed by atoms with Crippen molar-refractivity contribution >= 4 is 11.8 Å². The summed E-state index contributed by atoms with van der Waals surface area (Å²) in [6.07, 6.45) is 2.78. The van der Waals surface area contributed by atoms with Gasteiger partial charge in [0.15, 0.2) is 0 Å². The number of methoxy groups -OCH3 is 1. The Bertz CT molecular complexity index is 160. The molecule has 0 radical (unpaired) electrons. The summed E-state index contributed by atoms with van der Waals surface area (Å²) in [5.41, 5.74) is 0. The summed E-state index contributed by atoms with van der Waals surface area (Å²) in [4.78, 5) is 0. The average molecular weight is 231 g/mol. The minimum Gasteiger partial charge on any atom is -0.383 e. The number of ether oxygens (including phenoxy) is 1. The predicted octanol–water partition coefficient (Wildman–Crippen LogP) is 2.39. The first kappa shape index (κ1) is 13.3. The topological polar surface area (TPSA) is 21.3 Å². The highest BCUT2D eigenvalue weighted by atomic mass is 32.2. The summed E-state index contributed by atoms with van der Waals surface area (Å²) in [6.45, 7) is 6.55. The Morgan fingerprint density at radius 3 is 2.67 bits per heavy atom. The normalized spacial score (nSPS) is 18.4. The number of nitrogens with one attached hydrogen (secondary N) is 1. The lowest BCUT2D eigenvalue weighted by molar-refractivity contribution is 0.159. The maximum absolute atomic E-state index is 5.23. The fraction of sp³-hybridized carbons (Fsp3) is 1.00. The summed E-state index contributed by atoms with van der Waals surface area (Å²) in [5, 5.41) is 3.61. The molecule has 3 heteroatoms. The summed E-state index contributed by atoms with van der Waals surface area (Å²) in [6, 6.07) is 0.606. The van der Waals surface area contributed by atoms with Crippen LogP contribution < -0.4 is 5.32 Å². The Labute approximate surface area is 98.5 Å². The quantitative estimate of drug-likeness (QED) is 0.616. The van der Waals surface area contributed by atoms with Crippen molar-refractivity contribution in [1.29, 1.82) is 0 Å². The van der Waals surface area contributed by atoms with E-state index in [0.717, 1.165) is 25.0 Å². The molecule has 1 rings (SSSR count). The molecule has 0 aromatic heterocycles. The van der Waals surface area contributed by atoms with E-state index in [0.29, 0.717) is 6.04 Å². The second kappa shape index (κ2) is 7.53.